The topological polar surface area (TPSA) is 127 Å². The van der Waals surface area contributed by atoms with Crippen LogP contribution < -0.4 is 20.5 Å². The summed E-state index contributed by atoms with van der Waals surface area (Å²) in [4.78, 5) is 12.7. The van der Waals surface area contributed by atoms with Crippen LogP contribution >= 0.6 is 0 Å². The second-order valence-corrected chi connectivity index (χ2v) is 8.93. The van der Waals surface area contributed by atoms with Crippen LogP contribution in [0.15, 0.2) is 36.5 Å². The van der Waals surface area contributed by atoms with Gasteiger partial charge in [0.25, 0.3) is 5.91 Å². The molecule has 0 bridgehead atoms. The van der Waals surface area contributed by atoms with Crippen molar-refractivity contribution in [3.8, 4) is 5.75 Å². The summed E-state index contributed by atoms with van der Waals surface area (Å²) in [5, 5.41) is 29.3. The van der Waals surface area contributed by atoms with Crippen LogP contribution in [0.1, 0.15) is 55.1 Å². The largest absolute Gasteiger partial charge is 0.494 e. The van der Waals surface area contributed by atoms with Crippen LogP contribution in [0.3, 0.4) is 0 Å². The summed E-state index contributed by atoms with van der Waals surface area (Å²) in [6.07, 6.45) is 7.68. The lowest BCUT2D eigenvalue weighted by Gasteiger charge is -2.36. The number of hydrogen-bond acceptors (Lipinski definition) is 6. The van der Waals surface area contributed by atoms with Crippen molar-refractivity contribution < 1.29 is 24.6 Å². The maximum absolute atomic E-state index is 12.7. The molecule has 0 unspecified atom stereocenters. The molecular weight excluding hydrogens is 410 g/mol. The first kappa shape index (κ1) is 20.6. The maximum atomic E-state index is 12.7. The fourth-order valence-corrected chi connectivity index (χ4v) is 4.80. The highest BCUT2D eigenvalue weighted by atomic mass is 16.5. The molecule has 32 heavy (non-hydrogen) atoms. The number of rotatable bonds is 5. The molecule has 2 aliphatic carbocycles. The van der Waals surface area contributed by atoms with Gasteiger partial charge in [0.2, 0.25) is 5.69 Å². The van der Waals surface area contributed by atoms with Crippen molar-refractivity contribution in [1.82, 2.24) is 9.78 Å². The molecule has 0 aliphatic heterocycles. The van der Waals surface area contributed by atoms with Crippen LogP contribution in [0.5, 0.6) is 5.75 Å². The number of aliphatic hydroxyl groups is 1. The molecule has 2 aromatic heterocycles. The minimum absolute atomic E-state index is 0.00759. The highest BCUT2D eigenvalue weighted by Crippen LogP contribution is 2.49. The van der Waals surface area contributed by atoms with Crippen LogP contribution in [0.25, 0.3) is 10.9 Å². The number of benzene rings is 1. The van der Waals surface area contributed by atoms with Crippen LogP contribution in [0.2, 0.25) is 0 Å². The number of pyridine rings is 1. The van der Waals surface area contributed by atoms with Gasteiger partial charge in [-0.1, -0.05) is 0 Å². The zero-order valence-electron chi connectivity index (χ0n) is 18.0. The van der Waals surface area contributed by atoms with Crippen molar-refractivity contribution in [3.63, 3.8) is 0 Å². The average Bonchev–Trinajstić information content (AvgIpc) is 3.57. The molecule has 0 atom stereocenters. The number of amides is 1. The molecule has 2 saturated carbocycles. The molecule has 1 aromatic carbocycles. The van der Waals surface area contributed by atoms with Crippen molar-refractivity contribution in [2.24, 2.45) is 5.92 Å². The standard InChI is InChI=1S/C23H27N5O4/c1-32-20-12-17-14(11-18(20)25-22(29)19-3-2-4-21(24)28(19)31)13-27(26-17)16-7-9-23(30,10-8-16)15-5-6-15/h2-4,11-13,15-16,24,30-31H,5-10H2,1H3,(H,25,29)/p+1. The quantitative estimate of drug-likeness (QED) is 0.358. The summed E-state index contributed by atoms with van der Waals surface area (Å²) in [5.41, 5.74) is 6.43. The van der Waals surface area contributed by atoms with E-state index in [0.717, 1.165) is 49.4 Å². The lowest BCUT2D eigenvalue weighted by atomic mass is 9.79. The molecule has 2 aliphatic rings. The Morgan fingerprint density at radius 3 is 2.72 bits per heavy atom. The number of hydrogen-bond donors (Lipinski definition) is 4. The van der Waals surface area contributed by atoms with E-state index in [-0.39, 0.29) is 17.6 Å². The van der Waals surface area contributed by atoms with Crippen molar-refractivity contribution in [2.75, 3.05) is 18.2 Å². The highest BCUT2D eigenvalue weighted by Gasteiger charge is 2.45. The Hall–Kier alpha value is -3.33. The molecule has 0 radical (unpaired) electrons. The fourth-order valence-electron chi connectivity index (χ4n) is 4.80. The van der Waals surface area contributed by atoms with E-state index in [1.54, 1.807) is 12.1 Å². The van der Waals surface area contributed by atoms with Crippen LogP contribution in [0.4, 0.5) is 11.5 Å². The number of methoxy groups -OCH3 is 1. The van der Waals surface area contributed by atoms with Crippen LogP contribution in [-0.2, 0) is 0 Å². The van der Waals surface area contributed by atoms with Crippen molar-refractivity contribution >= 4 is 28.3 Å². The Morgan fingerprint density at radius 1 is 1.28 bits per heavy atom. The molecular formula is C23H28N5O4+. The van der Waals surface area contributed by atoms with E-state index in [2.05, 4.69) is 5.32 Å². The number of nitrogen functional groups attached to an aromatic ring is 1. The number of nitrogens with one attached hydrogen (secondary N) is 1. The maximum Gasteiger partial charge on any atom is 0.312 e. The smallest absolute Gasteiger partial charge is 0.312 e. The van der Waals surface area contributed by atoms with Gasteiger partial charge in [-0.15, -0.1) is 0 Å². The predicted molar refractivity (Wildman–Crippen MR) is 118 cm³/mol. The molecule has 5 rings (SSSR count). The van der Waals surface area contributed by atoms with E-state index >= 15 is 0 Å². The third-order valence-electron chi connectivity index (χ3n) is 6.85. The third-order valence-corrected chi connectivity index (χ3v) is 6.85. The molecule has 0 saturated heterocycles. The Bertz CT molecular complexity index is 1180. The second kappa shape index (κ2) is 7.67. The van der Waals surface area contributed by atoms with E-state index < -0.39 is 11.5 Å². The molecule has 9 nitrogen and oxygen atoms in total. The predicted octanol–water partition coefficient (Wildman–Crippen LogP) is 2.66. The summed E-state index contributed by atoms with van der Waals surface area (Å²) in [6, 6.07) is 8.40. The Balaban J connectivity index is 1.39. The second-order valence-electron chi connectivity index (χ2n) is 8.93. The molecule has 3 aromatic rings. The summed E-state index contributed by atoms with van der Waals surface area (Å²) in [6.45, 7) is 0. The molecule has 1 amide bonds. The van der Waals surface area contributed by atoms with Crippen LogP contribution in [-0.4, -0.2) is 38.7 Å². The number of carbonyl (C=O) groups excluding carboxylic acids is 1. The van der Waals surface area contributed by atoms with Gasteiger partial charge in [0.05, 0.1) is 30.0 Å². The Kier molecular flexibility index (Phi) is 4.93. The number of ether oxygens (including phenoxy) is 1. The lowest BCUT2D eigenvalue weighted by molar-refractivity contribution is -0.894. The van der Waals surface area contributed by atoms with Gasteiger partial charge in [0.1, 0.15) is 5.75 Å². The number of fused-ring (bicyclic) bond motifs is 1. The molecule has 168 valence electrons. The van der Waals surface area contributed by atoms with E-state index in [4.69, 9.17) is 15.6 Å². The normalized spacial score (nSPS) is 23.2. The SMILES string of the molecule is COc1cc2nn(C3CCC(O)(C4CC4)CC3)cc2cc1NC(=O)c1cccc(N)[n+]1O. The minimum atomic E-state index is -0.517. The van der Waals surface area contributed by atoms with Gasteiger partial charge in [-0.25, -0.2) is 0 Å². The Morgan fingerprint density at radius 2 is 2.03 bits per heavy atom. The van der Waals surface area contributed by atoms with Gasteiger partial charge in [-0.2, -0.15) is 5.10 Å². The van der Waals surface area contributed by atoms with Gasteiger partial charge < -0.3 is 20.4 Å². The van der Waals surface area contributed by atoms with Gasteiger partial charge in [-0.3, -0.25) is 15.2 Å². The summed E-state index contributed by atoms with van der Waals surface area (Å²) < 4.78 is 8.09. The minimum Gasteiger partial charge on any atom is -0.494 e. The highest BCUT2D eigenvalue weighted by molar-refractivity contribution is 6.04. The first-order valence-corrected chi connectivity index (χ1v) is 11.0. The first-order chi connectivity index (χ1) is 15.4. The number of nitrogens with two attached hydrogens (primary N) is 1. The number of anilines is 2. The van der Waals surface area contributed by atoms with E-state index in [9.17, 15) is 15.1 Å². The number of aromatic nitrogens is 3. The van der Waals surface area contributed by atoms with Gasteiger partial charge >= 0.3 is 5.82 Å². The monoisotopic (exact) mass is 438 g/mol. The van der Waals surface area contributed by atoms with Crippen molar-refractivity contribution in [3.05, 3.63) is 42.2 Å². The molecule has 9 heteroatoms. The third kappa shape index (κ3) is 3.62. The summed E-state index contributed by atoms with van der Waals surface area (Å²) in [5.74, 6) is 0.489. The van der Waals surface area contributed by atoms with Crippen LogP contribution in [0, 0.1) is 5.92 Å². The zero-order valence-corrected chi connectivity index (χ0v) is 18.0. The first-order valence-electron chi connectivity index (χ1n) is 11.0. The fraction of sp³-hybridized carbons (Fsp3) is 0.435. The number of carbonyl (C=O) groups is 1. The number of nitrogens with zero attached hydrogens (tertiary/aromatic N) is 3. The van der Waals surface area contributed by atoms with E-state index in [1.165, 1.54) is 19.2 Å². The molecule has 0 spiro atoms. The summed E-state index contributed by atoms with van der Waals surface area (Å²) >= 11 is 0. The molecule has 5 N–H and O–H groups in total. The summed E-state index contributed by atoms with van der Waals surface area (Å²) in [7, 11) is 1.53. The average molecular weight is 439 g/mol. The van der Waals surface area contributed by atoms with Crippen molar-refractivity contribution in [1.29, 1.82) is 0 Å². The van der Waals surface area contributed by atoms with Gasteiger partial charge in [0.15, 0.2) is 0 Å². The van der Waals surface area contributed by atoms with E-state index in [0.29, 0.717) is 22.1 Å². The van der Waals surface area contributed by atoms with Crippen molar-refractivity contribution in [2.45, 2.75) is 50.2 Å². The molecule has 2 fully saturated rings. The van der Waals surface area contributed by atoms with Gasteiger partial charge in [-0.05, 0) is 67.4 Å². The Labute approximate surface area is 185 Å². The van der Waals surface area contributed by atoms with Gasteiger partial charge in [0, 0.05) is 23.7 Å². The molecule has 2 heterocycles. The van der Waals surface area contributed by atoms with E-state index in [1.807, 2.05) is 16.9 Å². The zero-order chi connectivity index (χ0) is 22.5. The lowest BCUT2D eigenvalue weighted by Crippen LogP contribution is -2.42.